The van der Waals surface area contributed by atoms with Crippen molar-refractivity contribution in [3.8, 4) is 5.75 Å². The summed E-state index contributed by atoms with van der Waals surface area (Å²) in [6.07, 6.45) is 1.58. The number of imide groups is 1. The first-order chi connectivity index (χ1) is 15.2. The van der Waals surface area contributed by atoms with Gasteiger partial charge in [0.05, 0.1) is 18.6 Å². The van der Waals surface area contributed by atoms with Crippen LogP contribution in [0.15, 0.2) is 52.2 Å². The maximum Gasteiger partial charge on any atom is 0.321 e. The molecule has 3 amide bonds. The Labute approximate surface area is 194 Å². The van der Waals surface area contributed by atoms with Crippen LogP contribution in [0.3, 0.4) is 0 Å². The molecule has 11 heteroatoms. The maximum absolute atomic E-state index is 12.2. The number of amides is 3. The van der Waals surface area contributed by atoms with Crippen LogP contribution < -0.4 is 15.4 Å². The Kier molecular flexibility index (Phi) is 7.81. The van der Waals surface area contributed by atoms with Crippen molar-refractivity contribution in [1.29, 1.82) is 0 Å². The molecule has 0 aliphatic heterocycles. The molecule has 0 bridgehead atoms. The molecular formula is C21H24ClN5O4S. The van der Waals surface area contributed by atoms with Gasteiger partial charge in [-0.15, -0.1) is 10.2 Å². The summed E-state index contributed by atoms with van der Waals surface area (Å²) in [4.78, 5) is 24.1. The number of rotatable bonds is 8. The normalized spacial score (nSPS) is 11.2. The number of carbonyl (C=O) groups is 2. The number of carbonyl (C=O) groups excluding carboxylic acids is 2. The number of hydrogen-bond acceptors (Lipinski definition) is 7. The van der Waals surface area contributed by atoms with E-state index < -0.39 is 17.5 Å². The fourth-order valence-corrected chi connectivity index (χ4v) is 3.48. The van der Waals surface area contributed by atoms with E-state index in [2.05, 4.69) is 20.8 Å². The smallest absolute Gasteiger partial charge is 0.321 e. The highest BCUT2D eigenvalue weighted by atomic mass is 35.5. The van der Waals surface area contributed by atoms with Gasteiger partial charge in [-0.05, 0) is 57.2 Å². The van der Waals surface area contributed by atoms with Crippen molar-refractivity contribution in [1.82, 2.24) is 25.4 Å². The standard InChI is InChI=1S/C21H24ClN5O4S/c1-21(2,3)24-19(29)23-18(28)13-32-20-26-25-17(27(20)11-16-5-4-10-30-16)12-31-15-8-6-14(22)7-9-15/h4-10H,11-13H2,1-3H3,(H2,23,24,28,29). The molecule has 0 aliphatic carbocycles. The van der Waals surface area contributed by atoms with Crippen LogP contribution in [-0.4, -0.2) is 38.0 Å². The zero-order chi connectivity index (χ0) is 23.1. The molecule has 2 aromatic heterocycles. The largest absolute Gasteiger partial charge is 0.486 e. The lowest BCUT2D eigenvalue weighted by Crippen LogP contribution is -2.48. The van der Waals surface area contributed by atoms with Crippen LogP contribution in [0.2, 0.25) is 5.02 Å². The molecule has 3 rings (SSSR count). The van der Waals surface area contributed by atoms with Crippen molar-refractivity contribution < 1.29 is 18.7 Å². The van der Waals surface area contributed by atoms with Crippen LogP contribution >= 0.6 is 23.4 Å². The van der Waals surface area contributed by atoms with Crippen molar-refractivity contribution >= 4 is 35.3 Å². The highest BCUT2D eigenvalue weighted by Crippen LogP contribution is 2.21. The Morgan fingerprint density at radius 2 is 1.94 bits per heavy atom. The van der Waals surface area contributed by atoms with Crippen molar-refractivity contribution in [2.24, 2.45) is 0 Å². The van der Waals surface area contributed by atoms with Gasteiger partial charge < -0.3 is 14.5 Å². The predicted molar refractivity (Wildman–Crippen MR) is 121 cm³/mol. The molecule has 0 saturated heterocycles. The van der Waals surface area contributed by atoms with Gasteiger partial charge in [0.2, 0.25) is 5.91 Å². The van der Waals surface area contributed by atoms with Crippen LogP contribution in [0.1, 0.15) is 32.4 Å². The Balaban J connectivity index is 1.66. The van der Waals surface area contributed by atoms with Gasteiger partial charge in [0.15, 0.2) is 11.0 Å². The molecule has 0 aliphatic rings. The fraction of sp³-hybridized carbons (Fsp3) is 0.333. The molecule has 0 unspecified atom stereocenters. The lowest BCUT2D eigenvalue weighted by atomic mass is 10.1. The topological polar surface area (TPSA) is 111 Å². The Bertz CT molecular complexity index is 1050. The van der Waals surface area contributed by atoms with Crippen LogP contribution in [0.5, 0.6) is 5.75 Å². The first-order valence-corrected chi connectivity index (χ1v) is 11.1. The van der Waals surface area contributed by atoms with Gasteiger partial charge in [-0.1, -0.05) is 23.4 Å². The quantitative estimate of drug-likeness (QED) is 0.473. The molecule has 3 aromatic rings. The minimum atomic E-state index is -0.544. The Hall–Kier alpha value is -2.98. The molecule has 0 radical (unpaired) electrons. The second-order valence-corrected chi connectivity index (χ2v) is 9.23. The third kappa shape index (κ3) is 7.31. The third-order valence-corrected chi connectivity index (χ3v) is 5.16. The fourth-order valence-electron chi connectivity index (χ4n) is 2.59. The molecule has 0 fully saturated rings. The van der Waals surface area contributed by atoms with Crippen LogP contribution in [0.4, 0.5) is 4.79 Å². The number of halogens is 1. The van der Waals surface area contributed by atoms with Gasteiger partial charge in [0, 0.05) is 10.6 Å². The monoisotopic (exact) mass is 477 g/mol. The van der Waals surface area contributed by atoms with Gasteiger partial charge in [0.25, 0.3) is 0 Å². The van der Waals surface area contributed by atoms with Gasteiger partial charge in [0.1, 0.15) is 18.1 Å². The molecule has 0 atom stereocenters. The molecule has 2 heterocycles. The summed E-state index contributed by atoms with van der Waals surface area (Å²) in [5.74, 6) is 1.45. The number of ether oxygens (including phenoxy) is 1. The van der Waals surface area contributed by atoms with E-state index in [1.807, 2.05) is 31.4 Å². The average molecular weight is 478 g/mol. The van der Waals surface area contributed by atoms with Crippen LogP contribution in [0.25, 0.3) is 0 Å². The number of hydrogen-bond donors (Lipinski definition) is 2. The van der Waals surface area contributed by atoms with Crippen molar-refractivity contribution in [2.75, 3.05) is 5.75 Å². The summed E-state index contributed by atoms with van der Waals surface area (Å²) < 4.78 is 13.0. The molecule has 0 spiro atoms. The van der Waals surface area contributed by atoms with E-state index >= 15 is 0 Å². The summed E-state index contributed by atoms with van der Waals surface area (Å²) in [6.45, 7) is 6.02. The van der Waals surface area contributed by atoms with Crippen molar-refractivity contribution in [2.45, 2.75) is 44.6 Å². The zero-order valence-electron chi connectivity index (χ0n) is 17.9. The summed E-state index contributed by atoms with van der Waals surface area (Å²) in [7, 11) is 0. The minimum absolute atomic E-state index is 0.00804. The van der Waals surface area contributed by atoms with Crippen LogP contribution in [-0.2, 0) is 17.9 Å². The summed E-state index contributed by atoms with van der Waals surface area (Å²) >= 11 is 7.07. The number of nitrogens with one attached hydrogen (secondary N) is 2. The lowest BCUT2D eigenvalue weighted by molar-refractivity contribution is -0.117. The van der Waals surface area contributed by atoms with Gasteiger partial charge in [-0.25, -0.2) is 4.79 Å². The third-order valence-electron chi connectivity index (χ3n) is 3.94. The molecule has 32 heavy (non-hydrogen) atoms. The Morgan fingerprint density at radius 3 is 2.59 bits per heavy atom. The predicted octanol–water partition coefficient (Wildman–Crippen LogP) is 3.87. The zero-order valence-corrected chi connectivity index (χ0v) is 19.5. The summed E-state index contributed by atoms with van der Waals surface area (Å²) in [5.41, 5.74) is -0.445. The number of nitrogens with zero attached hydrogens (tertiary/aromatic N) is 3. The number of thioether (sulfide) groups is 1. The molecule has 0 saturated carbocycles. The Morgan fingerprint density at radius 1 is 1.19 bits per heavy atom. The van der Waals surface area contributed by atoms with Crippen molar-refractivity contribution in [3.05, 3.63) is 59.3 Å². The van der Waals surface area contributed by atoms with E-state index in [9.17, 15) is 9.59 Å². The number of benzene rings is 1. The highest BCUT2D eigenvalue weighted by Gasteiger charge is 2.19. The molecule has 1 aromatic carbocycles. The van der Waals surface area contributed by atoms with Gasteiger partial charge >= 0.3 is 6.03 Å². The summed E-state index contributed by atoms with van der Waals surface area (Å²) in [6, 6.07) is 10.1. The molecule has 9 nitrogen and oxygen atoms in total. The van der Waals surface area contributed by atoms with Crippen molar-refractivity contribution in [3.63, 3.8) is 0 Å². The minimum Gasteiger partial charge on any atom is -0.486 e. The summed E-state index contributed by atoms with van der Waals surface area (Å²) in [5, 5.41) is 14.5. The van der Waals surface area contributed by atoms with E-state index in [1.54, 1.807) is 36.6 Å². The molecule has 2 N–H and O–H groups in total. The molecular weight excluding hydrogens is 454 g/mol. The van der Waals surface area contributed by atoms with E-state index in [1.165, 1.54) is 0 Å². The maximum atomic E-state index is 12.2. The number of furan rings is 1. The van der Waals surface area contributed by atoms with Gasteiger partial charge in [-0.2, -0.15) is 0 Å². The van der Waals surface area contributed by atoms with E-state index in [4.69, 9.17) is 20.8 Å². The number of urea groups is 1. The van der Waals surface area contributed by atoms with Crippen LogP contribution in [0, 0.1) is 0 Å². The first kappa shape index (κ1) is 23.7. The second kappa shape index (κ2) is 10.6. The van der Waals surface area contributed by atoms with E-state index in [0.717, 1.165) is 11.8 Å². The van der Waals surface area contributed by atoms with E-state index in [-0.39, 0.29) is 12.4 Å². The van der Waals surface area contributed by atoms with Gasteiger partial charge in [-0.3, -0.25) is 14.7 Å². The lowest BCUT2D eigenvalue weighted by Gasteiger charge is -2.20. The SMILES string of the molecule is CC(C)(C)NC(=O)NC(=O)CSc1nnc(COc2ccc(Cl)cc2)n1Cc1ccco1. The average Bonchev–Trinajstić information content (AvgIpc) is 3.35. The highest BCUT2D eigenvalue weighted by molar-refractivity contribution is 7.99. The van der Waals surface area contributed by atoms with E-state index in [0.29, 0.717) is 34.1 Å². The molecule has 170 valence electrons. The number of aromatic nitrogens is 3. The second-order valence-electron chi connectivity index (χ2n) is 7.85. The first-order valence-electron chi connectivity index (χ1n) is 9.77.